The van der Waals surface area contributed by atoms with Crippen LogP contribution in [0, 0.1) is 5.82 Å². The summed E-state index contributed by atoms with van der Waals surface area (Å²) in [6.07, 6.45) is 4.87. The van der Waals surface area contributed by atoms with Crippen molar-refractivity contribution in [3.63, 3.8) is 0 Å². The lowest BCUT2D eigenvalue weighted by atomic mass is 10.2. The van der Waals surface area contributed by atoms with E-state index in [0.29, 0.717) is 10.8 Å². The number of hydrogen-bond donors (Lipinski definition) is 0. The Morgan fingerprint density at radius 1 is 1.07 bits per heavy atom. The first kappa shape index (κ1) is 20.0. The van der Waals surface area contributed by atoms with Crippen molar-refractivity contribution in [1.82, 2.24) is 14.8 Å². The summed E-state index contributed by atoms with van der Waals surface area (Å²) in [5, 5.41) is 5.31. The van der Waals surface area contributed by atoms with E-state index in [1.165, 1.54) is 30.1 Å². The molecule has 0 spiro atoms. The third kappa shape index (κ3) is 4.64. The fourth-order valence-electron chi connectivity index (χ4n) is 2.70. The molecule has 0 amide bonds. The van der Waals surface area contributed by atoms with Gasteiger partial charge in [-0.1, -0.05) is 23.4 Å². The zero-order valence-electron chi connectivity index (χ0n) is 15.3. The molecule has 4 aromatic rings. The van der Waals surface area contributed by atoms with Crippen LogP contribution in [0.2, 0.25) is 5.02 Å². The molecule has 0 aliphatic heterocycles. The minimum atomic E-state index is -1.05. The minimum absolute atomic E-state index is 0.381. The molecule has 0 saturated carbocycles. The maximum absolute atomic E-state index is 13.7. The largest absolute Gasteiger partial charge is 0.612 e. The Kier molecular flexibility index (Phi) is 5.91. The molecule has 0 N–H and O–H groups in total. The van der Waals surface area contributed by atoms with Crippen molar-refractivity contribution in [2.24, 2.45) is 0 Å². The quantitative estimate of drug-likeness (QED) is 0.376. The lowest BCUT2D eigenvalue weighted by molar-refractivity contribution is 0.601. The molecule has 146 valence electrons. The third-order valence-electron chi connectivity index (χ3n) is 4.12. The predicted molar refractivity (Wildman–Crippen MR) is 115 cm³/mol. The zero-order chi connectivity index (χ0) is 20.4. The number of nitrogens with zero attached hydrogens (tertiary/aromatic N) is 3. The van der Waals surface area contributed by atoms with Crippen LogP contribution >= 0.6 is 23.4 Å². The van der Waals surface area contributed by atoms with Crippen molar-refractivity contribution in [2.75, 3.05) is 6.26 Å². The molecule has 0 saturated heterocycles. The van der Waals surface area contributed by atoms with Gasteiger partial charge in [0, 0.05) is 33.9 Å². The maximum atomic E-state index is 13.7. The first-order chi connectivity index (χ1) is 14.0. The standard InChI is InChI=1S/C21H15ClFN3OS2/c1-29(27)18-8-2-14(3-9-18)21-19(28-17-6-4-15(22)5-7-17)13-26(25-21)20-12-16(23)10-11-24-20/h2-13H,1H3. The number of pyridine rings is 1. The Morgan fingerprint density at radius 2 is 1.79 bits per heavy atom. The molecule has 0 aliphatic rings. The monoisotopic (exact) mass is 443 g/mol. The van der Waals surface area contributed by atoms with E-state index in [0.717, 1.165) is 25.9 Å². The molecule has 29 heavy (non-hydrogen) atoms. The molecule has 0 aliphatic carbocycles. The van der Waals surface area contributed by atoms with Crippen LogP contribution in [-0.4, -0.2) is 25.6 Å². The van der Waals surface area contributed by atoms with E-state index in [-0.39, 0.29) is 5.82 Å². The van der Waals surface area contributed by atoms with E-state index in [2.05, 4.69) is 10.1 Å². The van der Waals surface area contributed by atoms with Crippen LogP contribution in [0.25, 0.3) is 17.1 Å². The van der Waals surface area contributed by atoms with Crippen LogP contribution in [-0.2, 0) is 11.2 Å². The first-order valence-electron chi connectivity index (χ1n) is 8.58. The molecule has 2 aromatic carbocycles. The Labute approximate surface area is 179 Å². The Hall–Kier alpha value is -2.32. The molecule has 0 fully saturated rings. The van der Waals surface area contributed by atoms with Crippen molar-refractivity contribution in [3.05, 3.63) is 83.9 Å². The molecule has 2 heterocycles. The highest BCUT2D eigenvalue weighted by Gasteiger charge is 2.16. The summed E-state index contributed by atoms with van der Waals surface area (Å²) < 4.78 is 26.9. The van der Waals surface area contributed by atoms with Crippen molar-refractivity contribution in [2.45, 2.75) is 14.7 Å². The SMILES string of the molecule is C[S+]([O-])c1ccc(-c2nn(-c3cc(F)ccn3)cc2Sc2ccc(Cl)cc2)cc1. The van der Waals surface area contributed by atoms with Crippen molar-refractivity contribution < 1.29 is 8.94 Å². The highest BCUT2D eigenvalue weighted by molar-refractivity contribution is 7.99. The Morgan fingerprint density at radius 3 is 2.45 bits per heavy atom. The summed E-state index contributed by atoms with van der Waals surface area (Å²) in [7, 11) is 0. The molecular formula is C21H15ClFN3OS2. The van der Waals surface area contributed by atoms with Crippen molar-refractivity contribution in [3.8, 4) is 17.1 Å². The first-order valence-corrected chi connectivity index (χ1v) is 11.3. The van der Waals surface area contributed by atoms with Gasteiger partial charge in [0.05, 0.1) is 4.90 Å². The number of benzene rings is 2. The molecule has 4 nitrogen and oxygen atoms in total. The smallest absolute Gasteiger partial charge is 0.156 e. The summed E-state index contributed by atoms with van der Waals surface area (Å²) in [5.41, 5.74) is 1.59. The second-order valence-electron chi connectivity index (χ2n) is 6.15. The molecule has 1 unspecified atom stereocenters. The molecule has 0 bridgehead atoms. The fourth-order valence-corrected chi connectivity index (χ4v) is 4.28. The molecule has 4 rings (SSSR count). The third-order valence-corrected chi connectivity index (χ3v) is 6.34. The van der Waals surface area contributed by atoms with Crippen molar-refractivity contribution >= 4 is 34.5 Å². The van der Waals surface area contributed by atoms with E-state index in [4.69, 9.17) is 11.6 Å². The van der Waals surface area contributed by atoms with Gasteiger partial charge >= 0.3 is 0 Å². The Bertz CT molecular complexity index is 1130. The molecular weight excluding hydrogens is 429 g/mol. The van der Waals surface area contributed by atoms with Gasteiger partial charge in [-0.3, -0.25) is 0 Å². The van der Waals surface area contributed by atoms with Gasteiger partial charge in [0.2, 0.25) is 0 Å². The summed E-state index contributed by atoms with van der Waals surface area (Å²) in [6, 6.07) is 17.5. The summed E-state index contributed by atoms with van der Waals surface area (Å²) >= 11 is 6.46. The molecule has 8 heteroatoms. The fraction of sp³-hybridized carbons (Fsp3) is 0.0476. The lowest BCUT2D eigenvalue weighted by Crippen LogP contribution is -1.99. The van der Waals surface area contributed by atoms with Crippen LogP contribution in [0.3, 0.4) is 0 Å². The highest BCUT2D eigenvalue weighted by Crippen LogP contribution is 2.36. The van der Waals surface area contributed by atoms with Crippen molar-refractivity contribution in [1.29, 1.82) is 0 Å². The molecule has 0 radical (unpaired) electrons. The summed E-state index contributed by atoms with van der Waals surface area (Å²) in [4.78, 5) is 6.82. The molecule has 2 aromatic heterocycles. The van der Waals surface area contributed by atoms with Gasteiger partial charge in [-0.2, -0.15) is 5.10 Å². The predicted octanol–water partition coefficient (Wildman–Crippen LogP) is 5.62. The van der Waals surface area contributed by atoms with Crippen LogP contribution in [0.4, 0.5) is 4.39 Å². The van der Waals surface area contributed by atoms with E-state index >= 15 is 0 Å². The topological polar surface area (TPSA) is 53.8 Å². The second kappa shape index (κ2) is 8.59. The number of halogens is 2. The number of aromatic nitrogens is 3. The normalized spacial score (nSPS) is 12.1. The van der Waals surface area contributed by atoms with Gasteiger partial charge in [-0.15, -0.1) is 0 Å². The highest BCUT2D eigenvalue weighted by atomic mass is 35.5. The minimum Gasteiger partial charge on any atom is -0.612 e. The number of hydrogen-bond acceptors (Lipinski definition) is 4. The van der Waals surface area contributed by atoms with E-state index in [1.807, 2.05) is 54.7 Å². The van der Waals surface area contributed by atoms with E-state index in [1.54, 1.807) is 10.9 Å². The maximum Gasteiger partial charge on any atom is 0.156 e. The van der Waals surface area contributed by atoms with Gasteiger partial charge in [0.25, 0.3) is 0 Å². The summed E-state index contributed by atoms with van der Waals surface area (Å²) in [5.74, 6) is 0.00854. The second-order valence-corrected chi connectivity index (χ2v) is 9.08. The molecule has 1 atom stereocenters. The van der Waals surface area contributed by atoms with Gasteiger partial charge in [0.1, 0.15) is 17.8 Å². The van der Waals surface area contributed by atoms with Gasteiger partial charge in [-0.05, 0) is 65.8 Å². The zero-order valence-corrected chi connectivity index (χ0v) is 17.6. The lowest BCUT2D eigenvalue weighted by Gasteiger charge is -2.06. The van der Waals surface area contributed by atoms with E-state index in [9.17, 15) is 8.94 Å². The number of rotatable bonds is 5. The Balaban J connectivity index is 1.77. The summed E-state index contributed by atoms with van der Waals surface area (Å²) in [6.45, 7) is 0. The van der Waals surface area contributed by atoms with Gasteiger partial charge in [-0.25, -0.2) is 14.1 Å². The van der Waals surface area contributed by atoms with Crippen LogP contribution in [0.5, 0.6) is 0 Å². The van der Waals surface area contributed by atoms with Crippen LogP contribution < -0.4 is 0 Å². The van der Waals surface area contributed by atoms with Crippen LogP contribution in [0.1, 0.15) is 0 Å². The van der Waals surface area contributed by atoms with Crippen LogP contribution in [0.15, 0.2) is 87.7 Å². The average molecular weight is 444 g/mol. The average Bonchev–Trinajstić information content (AvgIpc) is 3.13. The van der Waals surface area contributed by atoms with Gasteiger partial charge in [0.15, 0.2) is 10.7 Å². The van der Waals surface area contributed by atoms with E-state index < -0.39 is 11.2 Å². The van der Waals surface area contributed by atoms with Gasteiger partial charge < -0.3 is 4.55 Å².